The monoisotopic (exact) mass is 278 g/mol. The second kappa shape index (κ2) is 6.37. The molecule has 0 aliphatic rings. The van der Waals surface area contributed by atoms with Crippen molar-refractivity contribution >= 4 is 5.97 Å². The lowest BCUT2D eigenvalue weighted by molar-refractivity contribution is -0.187. The third-order valence-corrected chi connectivity index (χ3v) is 2.20. The van der Waals surface area contributed by atoms with Crippen LogP contribution < -0.4 is 10.5 Å². The van der Waals surface area contributed by atoms with Crippen molar-refractivity contribution in [2.75, 3.05) is 13.7 Å². The second-order valence-electron chi connectivity index (χ2n) is 3.72. The average Bonchev–Trinajstić information content (AvgIpc) is 2.35. The van der Waals surface area contributed by atoms with Crippen LogP contribution in [0.1, 0.15) is 5.56 Å². The van der Waals surface area contributed by atoms with Gasteiger partial charge in [0, 0.05) is 24.4 Å². The van der Waals surface area contributed by atoms with Crippen LogP contribution in [0.4, 0.5) is 13.2 Å². The molecule has 2 N–H and O–H groups in total. The van der Waals surface area contributed by atoms with E-state index in [0.29, 0.717) is 11.3 Å². The highest BCUT2D eigenvalue weighted by Crippen LogP contribution is 2.18. The molecular formula is C11H13F3N2O3. The average molecular weight is 278 g/mol. The Balaban J connectivity index is 2.59. The maximum absolute atomic E-state index is 11.9. The van der Waals surface area contributed by atoms with Gasteiger partial charge in [-0.3, -0.25) is 9.78 Å². The Bertz CT molecular complexity index is 437. The molecule has 0 aliphatic carbocycles. The molecule has 106 valence electrons. The summed E-state index contributed by atoms with van der Waals surface area (Å²) < 4.78 is 44.7. The van der Waals surface area contributed by atoms with E-state index < -0.39 is 24.8 Å². The molecule has 0 radical (unpaired) electrons. The summed E-state index contributed by atoms with van der Waals surface area (Å²) in [6, 6.07) is 0.351. The van der Waals surface area contributed by atoms with Crippen LogP contribution in [0.15, 0.2) is 18.5 Å². The first-order chi connectivity index (χ1) is 8.83. The van der Waals surface area contributed by atoms with E-state index in [4.69, 9.17) is 10.5 Å². The number of methoxy groups -OCH3 is 1. The van der Waals surface area contributed by atoms with Gasteiger partial charge in [0.15, 0.2) is 6.61 Å². The molecule has 0 spiro atoms. The van der Waals surface area contributed by atoms with Gasteiger partial charge in [0.2, 0.25) is 0 Å². The molecule has 0 bridgehead atoms. The van der Waals surface area contributed by atoms with Crippen LogP contribution in [-0.4, -0.2) is 36.9 Å². The number of rotatable bonds is 5. The standard InChI is InChI=1S/C11H13F3N2O3/c1-18-9-2-3-16-5-7(9)4-8(15)10(17)19-6-11(12,13)14/h2-3,5,8H,4,6,15H2,1H3/t8-/m0/s1. The number of pyridine rings is 1. The number of hydrogen-bond donors (Lipinski definition) is 1. The van der Waals surface area contributed by atoms with Crippen molar-refractivity contribution in [2.45, 2.75) is 18.6 Å². The first kappa shape index (κ1) is 15.2. The number of halogens is 3. The number of aromatic nitrogens is 1. The lowest BCUT2D eigenvalue weighted by atomic mass is 10.1. The molecule has 19 heavy (non-hydrogen) atoms. The Kier molecular flexibility index (Phi) is 5.11. The zero-order valence-corrected chi connectivity index (χ0v) is 10.1. The molecule has 0 aliphatic heterocycles. The minimum atomic E-state index is -4.57. The Labute approximate surface area is 107 Å². The number of nitrogens with two attached hydrogens (primary N) is 1. The fourth-order valence-corrected chi connectivity index (χ4v) is 1.35. The predicted molar refractivity (Wildman–Crippen MR) is 59.5 cm³/mol. The molecule has 1 rings (SSSR count). The van der Waals surface area contributed by atoms with E-state index in [1.54, 1.807) is 6.07 Å². The highest BCUT2D eigenvalue weighted by Gasteiger charge is 2.31. The van der Waals surface area contributed by atoms with Gasteiger partial charge in [-0.15, -0.1) is 0 Å². The van der Waals surface area contributed by atoms with E-state index in [1.165, 1.54) is 19.5 Å². The maximum atomic E-state index is 11.9. The topological polar surface area (TPSA) is 74.4 Å². The van der Waals surface area contributed by atoms with Gasteiger partial charge in [-0.25, -0.2) is 0 Å². The van der Waals surface area contributed by atoms with E-state index in [2.05, 4.69) is 9.72 Å². The molecular weight excluding hydrogens is 265 g/mol. The number of carbonyl (C=O) groups excluding carboxylic acids is 1. The molecule has 1 atom stereocenters. The predicted octanol–water partition coefficient (Wildman–Crippen LogP) is 1.07. The first-order valence-electron chi connectivity index (χ1n) is 5.29. The number of nitrogens with zero attached hydrogens (tertiary/aromatic N) is 1. The number of carbonyl (C=O) groups is 1. The van der Waals surface area contributed by atoms with Crippen LogP contribution in [-0.2, 0) is 16.0 Å². The van der Waals surface area contributed by atoms with Gasteiger partial charge in [-0.1, -0.05) is 0 Å². The normalized spacial score (nSPS) is 12.9. The summed E-state index contributed by atoms with van der Waals surface area (Å²) in [5.74, 6) is -0.669. The number of alkyl halides is 3. The van der Waals surface area contributed by atoms with E-state index in [0.717, 1.165) is 0 Å². The van der Waals surface area contributed by atoms with Crippen molar-refractivity contribution in [2.24, 2.45) is 5.73 Å². The summed E-state index contributed by atoms with van der Waals surface area (Å²) in [4.78, 5) is 15.1. The lowest BCUT2D eigenvalue weighted by Crippen LogP contribution is -2.36. The van der Waals surface area contributed by atoms with Crippen molar-refractivity contribution < 1.29 is 27.4 Å². The fourth-order valence-electron chi connectivity index (χ4n) is 1.35. The second-order valence-corrected chi connectivity index (χ2v) is 3.72. The summed E-state index contributed by atoms with van der Waals surface area (Å²) in [5.41, 5.74) is 5.99. The molecule has 1 aromatic heterocycles. The summed E-state index contributed by atoms with van der Waals surface area (Å²) >= 11 is 0. The van der Waals surface area contributed by atoms with E-state index in [-0.39, 0.29) is 6.42 Å². The van der Waals surface area contributed by atoms with Crippen LogP contribution in [0.25, 0.3) is 0 Å². The Morgan fingerprint density at radius 1 is 1.53 bits per heavy atom. The molecule has 1 heterocycles. The summed E-state index contributed by atoms with van der Waals surface area (Å²) in [5, 5.41) is 0. The fraction of sp³-hybridized carbons (Fsp3) is 0.455. The minimum Gasteiger partial charge on any atom is -0.496 e. The van der Waals surface area contributed by atoms with E-state index in [9.17, 15) is 18.0 Å². The third-order valence-electron chi connectivity index (χ3n) is 2.20. The smallest absolute Gasteiger partial charge is 0.422 e. The zero-order valence-electron chi connectivity index (χ0n) is 10.1. The molecule has 8 heteroatoms. The van der Waals surface area contributed by atoms with Crippen LogP contribution in [0.3, 0.4) is 0 Å². The van der Waals surface area contributed by atoms with Crippen LogP contribution in [0.2, 0.25) is 0 Å². The first-order valence-corrected chi connectivity index (χ1v) is 5.29. The molecule has 0 fully saturated rings. The number of esters is 1. The Hall–Kier alpha value is -1.83. The lowest BCUT2D eigenvalue weighted by Gasteiger charge is -2.14. The van der Waals surface area contributed by atoms with Gasteiger partial charge < -0.3 is 15.2 Å². The highest BCUT2D eigenvalue weighted by atomic mass is 19.4. The molecule has 5 nitrogen and oxygen atoms in total. The van der Waals surface area contributed by atoms with Crippen LogP contribution in [0, 0.1) is 0 Å². The minimum absolute atomic E-state index is 0.0201. The van der Waals surface area contributed by atoms with Crippen molar-refractivity contribution in [1.29, 1.82) is 0 Å². The van der Waals surface area contributed by atoms with Gasteiger partial charge in [-0.2, -0.15) is 13.2 Å². The van der Waals surface area contributed by atoms with Crippen molar-refractivity contribution in [3.8, 4) is 5.75 Å². The molecule has 0 saturated carbocycles. The van der Waals surface area contributed by atoms with Gasteiger partial charge in [0.25, 0.3) is 0 Å². The van der Waals surface area contributed by atoms with Crippen molar-refractivity contribution in [1.82, 2.24) is 4.98 Å². The van der Waals surface area contributed by atoms with Crippen LogP contribution >= 0.6 is 0 Å². The Morgan fingerprint density at radius 2 is 2.21 bits per heavy atom. The van der Waals surface area contributed by atoms with Gasteiger partial charge in [0.1, 0.15) is 11.8 Å². The van der Waals surface area contributed by atoms with Crippen LogP contribution in [0.5, 0.6) is 5.75 Å². The number of ether oxygens (including phenoxy) is 2. The Morgan fingerprint density at radius 3 is 2.79 bits per heavy atom. The maximum Gasteiger partial charge on any atom is 0.422 e. The van der Waals surface area contributed by atoms with Crippen molar-refractivity contribution in [3.63, 3.8) is 0 Å². The largest absolute Gasteiger partial charge is 0.496 e. The highest BCUT2D eigenvalue weighted by molar-refractivity contribution is 5.76. The number of hydrogen-bond acceptors (Lipinski definition) is 5. The van der Waals surface area contributed by atoms with E-state index >= 15 is 0 Å². The summed E-state index contributed by atoms with van der Waals surface area (Å²) in [7, 11) is 1.42. The van der Waals surface area contributed by atoms with Gasteiger partial charge >= 0.3 is 12.1 Å². The molecule has 0 unspecified atom stereocenters. The summed E-state index contributed by atoms with van der Waals surface area (Å²) in [6.45, 7) is -1.65. The third kappa shape index (κ3) is 5.12. The molecule has 0 amide bonds. The quantitative estimate of drug-likeness (QED) is 0.815. The molecule has 0 aromatic carbocycles. The zero-order chi connectivity index (χ0) is 14.5. The van der Waals surface area contributed by atoms with Crippen molar-refractivity contribution in [3.05, 3.63) is 24.0 Å². The molecule has 0 saturated heterocycles. The van der Waals surface area contributed by atoms with E-state index in [1.807, 2.05) is 0 Å². The van der Waals surface area contributed by atoms with Gasteiger partial charge in [-0.05, 0) is 6.07 Å². The van der Waals surface area contributed by atoms with Gasteiger partial charge in [0.05, 0.1) is 7.11 Å². The SMILES string of the molecule is COc1ccncc1C[C@H](N)C(=O)OCC(F)(F)F. The summed E-state index contributed by atoms with van der Waals surface area (Å²) in [6.07, 6.45) is -1.68. The molecule has 1 aromatic rings.